The van der Waals surface area contributed by atoms with Crippen LogP contribution in [0.5, 0.6) is 11.6 Å². The molecule has 0 saturated carbocycles. The second kappa shape index (κ2) is 8.44. The molecule has 0 radical (unpaired) electrons. The number of rotatable bonds is 8. The Morgan fingerprint density at radius 3 is 2.78 bits per heavy atom. The van der Waals surface area contributed by atoms with Gasteiger partial charge in [-0.1, -0.05) is 17.8 Å². The van der Waals surface area contributed by atoms with Crippen LogP contribution >= 0.6 is 11.8 Å². The molecule has 0 amide bonds. The number of hydrogen-bond acceptors (Lipinski definition) is 8. The van der Waals surface area contributed by atoms with Crippen molar-refractivity contribution < 1.29 is 19.0 Å². The van der Waals surface area contributed by atoms with Gasteiger partial charge in [-0.05, 0) is 25.3 Å². The van der Waals surface area contributed by atoms with Gasteiger partial charge in [0.2, 0.25) is 11.0 Å². The molecule has 0 bridgehead atoms. The highest BCUT2D eigenvalue weighted by atomic mass is 32.2. The number of methoxy groups -OCH3 is 1. The van der Waals surface area contributed by atoms with E-state index >= 15 is 0 Å². The van der Waals surface area contributed by atoms with Crippen LogP contribution in [0.4, 0.5) is 0 Å². The summed E-state index contributed by atoms with van der Waals surface area (Å²) in [6, 6.07) is 5.00. The van der Waals surface area contributed by atoms with Gasteiger partial charge in [0.1, 0.15) is 12.0 Å². The SMILES string of the molecule is CCOCOc1cc(C=O)ccc1-c1nnc(SC)nc1OC. The Morgan fingerprint density at radius 2 is 2.13 bits per heavy atom. The molecule has 1 aromatic carbocycles. The summed E-state index contributed by atoms with van der Waals surface area (Å²) in [5.41, 5.74) is 1.55. The van der Waals surface area contributed by atoms with Gasteiger partial charge in [-0.25, -0.2) is 0 Å². The normalized spacial score (nSPS) is 10.4. The van der Waals surface area contributed by atoms with E-state index in [1.165, 1.54) is 18.9 Å². The molecule has 0 atom stereocenters. The number of carbonyl (C=O) groups is 1. The number of carbonyl (C=O) groups excluding carboxylic acids is 1. The van der Waals surface area contributed by atoms with Gasteiger partial charge in [-0.15, -0.1) is 10.2 Å². The third-order valence-corrected chi connectivity index (χ3v) is 3.45. The number of aldehydes is 1. The maximum atomic E-state index is 11.0. The number of ether oxygens (including phenoxy) is 3. The number of aromatic nitrogens is 3. The van der Waals surface area contributed by atoms with Crippen molar-refractivity contribution in [3.05, 3.63) is 23.8 Å². The molecule has 0 aliphatic rings. The van der Waals surface area contributed by atoms with Crippen LogP contribution in [0.25, 0.3) is 11.3 Å². The maximum absolute atomic E-state index is 11.0. The van der Waals surface area contributed by atoms with Crippen LogP contribution in [0.15, 0.2) is 23.4 Å². The molecular weight excluding hydrogens is 318 g/mol. The second-order valence-corrected chi connectivity index (χ2v) is 5.06. The molecule has 122 valence electrons. The Hall–Kier alpha value is -2.19. The summed E-state index contributed by atoms with van der Waals surface area (Å²) >= 11 is 1.37. The fourth-order valence-electron chi connectivity index (χ4n) is 1.81. The van der Waals surface area contributed by atoms with Crippen molar-refractivity contribution in [3.63, 3.8) is 0 Å². The zero-order valence-corrected chi connectivity index (χ0v) is 13.9. The summed E-state index contributed by atoms with van der Waals surface area (Å²) in [4.78, 5) is 15.3. The summed E-state index contributed by atoms with van der Waals surface area (Å²) in [6.45, 7) is 2.46. The monoisotopic (exact) mass is 335 g/mol. The van der Waals surface area contributed by atoms with Crippen LogP contribution < -0.4 is 9.47 Å². The van der Waals surface area contributed by atoms with E-state index in [-0.39, 0.29) is 6.79 Å². The van der Waals surface area contributed by atoms with Crippen molar-refractivity contribution in [1.82, 2.24) is 15.2 Å². The Balaban J connectivity index is 2.46. The first-order valence-corrected chi connectivity index (χ1v) is 8.08. The summed E-state index contributed by atoms with van der Waals surface area (Å²) < 4.78 is 16.1. The van der Waals surface area contributed by atoms with E-state index in [1.807, 2.05) is 13.2 Å². The zero-order valence-electron chi connectivity index (χ0n) is 13.1. The van der Waals surface area contributed by atoms with Crippen molar-refractivity contribution in [2.24, 2.45) is 0 Å². The topological polar surface area (TPSA) is 83.4 Å². The van der Waals surface area contributed by atoms with Crippen molar-refractivity contribution >= 4 is 18.0 Å². The smallest absolute Gasteiger partial charge is 0.244 e. The first-order chi connectivity index (χ1) is 11.2. The Morgan fingerprint density at radius 1 is 1.30 bits per heavy atom. The highest BCUT2D eigenvalue weighted by Crippen LogP contribution is 2.34. The van der Waals surface area contributed by atoms with Crippen molar-refractivity contribution in [3.8, 4) is 22.9 Å². The van der Waals surface area contributed by atoms with Gasteiger partial charge in [0.15, 0.2) is 12.5 Å². The van der Waals surface area contributed by atoms with E-state index in [0.717, 1.165) is 6.29 Å². The average Bonchev–Trinajstić information content (AvgIpc) is 2.61. The fourth-order valence-corrected chi connectivity index (χ4v) is 2.11. The quantitative estimate of drug-likeness (QED) is 0.315. The Bertz CT molecular complexity index is 682. The molecule has 23 heavy (non-hydrogen) atoms. The first kappa shape index (κ1) is 17.2. The summed E-state index contributed by atoms with van der Waals surface area (Å²) in [5.74, 6) is 0.791. The highest BCUT2D eigenvalue weighted by Gasteiger charge is 2.17. The Labute approximate surface area is 138 Å². The van der Waals surface area contributed by atoms with Gasteiger partial charge in [-0.2, -0.15) is 4.98 Å². The van der Waals surface area contributed by atoms with Crippen molar-refractivity contribution in [1.29, 1.82) is 0 Å². The molecule has 0 spiro atoms. The van der Waals surface area contributed by atoms with E-state index < -0.39 is 0 Å². The van der Waals surface area contributed by atoms with Gasteiger partial charge in [0.25, 0.3) is 0 Å². The predicted molar refractivity (Wildman–Crippen MR) is 86.1 cm³/mol. The van der Waals surface area contributed by atoms with Crippen molar-refractivity contribution in [2.45, 2.75) is 12.1 Å². The number of thioether (sulfide) groups is 1. The summed E-state index contributed by atoms with van der Waals surface area (Å²) in [5, 5.41) is 8.70. The molecule has 2 rings (SSSR count). The van der Waals surface area contributed by atoms with Crippen molar-refractivity contribution in [2.75, 3.05) is 26.8 Å². The molecule has 0 fully saturated rings. The minimum absolute atomic E-state index is 0.0673. The lowest BCUT2D eigenvalue weighted by atomic mass is 10.1. The molecule has 0 aliphatic heterocycles. The van der Waals surface area contributed by atoms with Gasteiger partial charge >= 0.3 is 0 Å². The lowest BCUT2D eigenvalue weighted by molar-refractivity contribution is 0.0227. The van der Waals surface area contributed by atoms with Crippen LogP contribution in [-0.4, -0.2) is 48.2 Å². The molecule has 1 aromatic heterocycles. The highest BCUT2D eigenvalue weighted by molar-refractivity contribution is 7.98. The first-order valence-electron chi connectivity index (χ1n) is 6.86. The molecular formula is C15H17N3O4S. The number of hydrogen-bond donors (Lipinski definition) is 0. The standard InChI is InChI=1S/C15H17N3O4S/c1-4-21-9-22-12-7-10(8-19)5-6-11(12)13-14(20-2)16-15(23-3)18-17-13/h5-8H,4,9H2,1-3H3. The van der Waals surface area contributed by atoms with Gasteiger partial charge in [-0.3, -0.25) is 4.79 Å². The van der Waals surface area contributed by atoms with E-state index in [1.54, 1.807) is 18.2 Å². The molecule has 0 aliphatic carbocycles. The molecule has 7 nitrogen and oxygen atoms in total. The third kappa shape index (κ3) is 4.17. The molecule has 0 N–H and O–H groups in total. The average molecular weight is 335 g/mol. The largest absolute Gasteiger partial charge is 0.479 e. The van der Waals surface area contributed by atoms with E-state index in [2.05, 4.69) is 15.2 Å². The lowest BCUT2D eigenvalue weighted by Crippen LogP contribution is -2.05. The molecule has 2 aromatic rings. The lowest BCUT2D eigenvalue weighted by Gasteiger charge is -2.13. The van der Waals surface area contributed by atoms with Gasteiger partial charge < -0.3 is 14.2 Å². The molecule has 0 unspecified atom stereocenters. The van der Waals surface area contributed by atoms with Crippen LogP contribution in [0.2, 0.25) is 0 Å². The van der Waals surface area contributed by atoms with E-state index in [9.17, 15) is 4.79 Å². The van der Waals surface area contributed by atoms with E-state index in [0.29, 0.717) is 40.2 Å². The summed E-state index contributed by atoms with van der Waals surface area (Å²) in [6.07, 6.45) is 2.60. The number of nitrogens with zero attached hydrogens (tertiary/aromatic N) is 3. The van der Waals surface area contributed by atoms with Crippen LogP contribution in [0, 0.1) is 0 Å². The predicted octanol–water partition coefficient (Wildman–Crippen LogP) is 2.45. The Kier molecular flexibility index (Phi) is 6.30. The van der Waals surface area contributed by atoms with E-state index in [4.69, 9.17) is 14.2 Å². The molecule has 0 saturated heterocycles. The van der Waals surface area contributed by atoms with Gasteiger partial charge in [0.05, 0.1) is 7.11 Å². The number of benzene rings is 1. The van der Waals surface area contributed by atoms with Crippen LogP contribution in [0.1, 0.15) is 17.3 Å². The zero-order chi connectivity index (χ0) is 16.7. The fraction of sp³-hybridized carbons (Fsp3) is 0.333. The second-order valence-electron chi connectivity index (χ2n) is 4.28. The molecule has 8 heteroatoms. The minimum atomic E-state index is 0.0673. The maximum Gasteiger partial charge on any atom is 0.244 e. The van der Waals surface area contributed by atoms with Crippen LogP contribution in [-0.2, 0) is 4.74 Å². The van der Waals surface area contributed by atoms with Crippen LogP contribution in [0.3, 0.4) is 0 Å². The third-order valence-electron chi connectivity index (χ3n) is 2.91. The summed E-state index contributed by atoms with van der Waals surface area (Å²) in [7, 11) is 1.51. The van der Waals surface area contributed by atoms with Gasteiger partial charge in [0, 0.05) is 17.7 Å². The molecule has 1 heterocycles. The minimum Gasteiger partial charge on any atom is -0.479 e.